The maximum atomic E-state index is 12.6. The van der Waals surface area contributed by atoms with Crippen LogP contribution < -0.4 is 11.1 Å². The van der Waals surface area contributed by atoms with E-state index in [4.69, 9.17) is 10.7 Å². The molecule has 0 radical (unpaired) electrons. The molecule has 30 heavy (non-hydrogen) atoms. The second kappa shape index (κ2) is 9.04. The van der Waals surface area contributed by atoms with Crippen LogP contribution in [0.2, 0.25) is 0 Å². The third kappa shape index (κ3) is 4.43. The van der Waals surface area contributed by atoms with Crippen molar-refractivity contribution in [2.24, 2.45) is 11.7 Å². The van der Waals surface area contributed by atoms with Crippen molar-refractivity contribution in [2.45, 2.75) is 31.6 Å². The number of amides is 1. The second-order valence-corrected chi connectivity index (χ2v) is 8.73. The number of likely N-dealkylation sites (tertiary alicyclic amines) is 1. The van der Waals surface area contributed by atoms with Gasteiger partial charge in [-0.1, -0.05) is 18.7 Å². The van der Waals surface area contributed by atoms with E-state index in [1.807, 2.05) is 11.0 Å². The minimum absolute atomic E-state index is 0.225. The van der Waals surface area contributed by atoms with E-state index >= 15 is 0 Å². The normalized spacial score (nSPS) is 20.1. The Labute approximate surface area is 184 Å². The average molecular weight is 471 g/mol. The lowest BCUT2D eigenvalue weighted by Crippen LogP contribution is -2.40. The highest BCUT2D eigenvalue weighted by Gasteiger charge is 2.36. The zero-order valence-corrected chi connectivity index (χ0v) is 18.5. The lowest BCUT2D eigenvalue weighted by molar-refractivity contribution is -0.133. The summed E-state index contributed by atoms with van der Waals surface area (Å²) >= 11 is 3.56. The highest BCUT2D eigenvalue weighted by atomic mass is 79.9. The number of carbonyl (C=O) groups excluding carboxylic acids is 1. The van der Waals surface area contributed by atoms with Crippen molar-refractivity contribution in [3.8, 4) is 0 Å². The summed E-state index contributed by atoms with van der Waals surface area (Å²) < 4.78 is 2.64. The number of nitrogens with one attached hydrogen (secondary N) is 1. The molecular formula is C22H27BrN6O. The van der Waals surface area contributed by atoms with Gasteiger partial charge in [-0.05, 0) is 59.5 Å². The standard InChI is InChI=1S/C22H27BrN6O/c1-2-15(5-3-9-24)12-25-20-11-19(27-21-18(23)13-26-29(20)21)17-6-4-10-28(14-17)22(30)16-7-8-16/h2-3,5,9,11,13,16-17,25H,1,4,6-8,10,12,14,24H2/b9-3-,15-5+. The van der Waals surface area contributed by atoms with E-state index in [-0.39, 0.29) is 11.8 Å². The fourth-order valence-electron chi connectivity index (χ4n) is 3.87. The van der Waals surface area contributed by atoms with Gasteiger partial charge >= 0.3 is 0 Å². The van der Waals surface area contributed by atoms with Gasteiger partial charge in [-0.15, -0.1) is 0 Å². The van der Waals surface area contributed by atoms with Crippen LogP contribution in [0.25, 0.3) is 5.65 Å². The predicted molar refractivity (Wildman–Crippen MR) is 122 cm³/mol. The molecule has 1 unspecified atom stereocenters. The highest BCUT2D eigenvalue weighted by molar-refractivity contribution is 9.10. The van der Waals surface area contributed by atoms with Crippen LogP contribution in [0.15, 0.2) is 53.3 Å². The van der Waals surface area contributed by atoms with Gasteiger partial charge < -0.3 is 16.0 Å². The van der Waals surface area contributed by atoms with Crippen molar-refractivity contribution in [2.75, 3.05) is 25.0 Å². The van der Waals surface area contributed by atoms with E-state index in [0.29, 0.717) is 12.5 Å². The molecule has 3 heterocycles. The van der Waals surface area contributed by atoms with Crippen LogP contribution in [0.3, 0.4) is 0 Å². The van der Waals surface area contributed by atoms with Gasteiger partial charge in [-0.25, -0.2) is 4.98 Å². The number of aromatic nitrogens is 3. The topological polar surface area (TPSA) is 88.5 Å². The van der Waals surface area contributed by atoms with E-state index in [2.05, 4.69) is 39.0 Å². The first-order valence-electron chi connectivity index (χ1n) is 10.4. The molecule has 1 saturated carbocycles. The molecule has 2 aromatic rings. The Kier molecular flexibility index (Phi) is 6.22. The van der Waals surface area contributed by atoms with Gasteiger partial charge in [0.2, 0.25) is 5.91 Å². The molecule has 8 heteroatoms. The summed E-state index contributed by atoms with van der Waals surface area (Å²) in [5.41, 5.74) is 8.21. The molecule has 0 spiro atoms. The van der Waals surface area contributed by atoms with Gasteiger partial charge in [0.1, 0.15) is 5.82 Å². The Bertz CT molecular complexity index is 1010. The molecule has 0 aromatic carbocycles. The number of rotatable bonds is 7. The van der Waals surface area contributed by atoms with Crippen molar-refractivity contribution in [3.63, 3.8) is 0 Å². The Morgan fingerprint density at radius 2 is 2.23 bits per heavy atom. The second-order valence-electron chi connectivity index (χ2n) is 7.88. The third-order valence-corrected chi connectivity index (χ3v) is 6.24. The maximum absolute atomic E-state index is 12.6. The van der Waals surface area contributed by atoms with Crippen LogP contribution in [0.1, 0.15) is 37.3 Å². The summed E-state index contributed by atoms with van der Waals surface area (Å²) in [5.74, 6) is 1.66. The SMILES string of the molecule is C=C/C(=C\C=C/N)CNc1cc(C2CCCN(C(=O)C3CC3)C2)nc2c(Br)cnn12. The van der Waals surface area contributed by atoms with E-state index in [1.165, 1.54) is 6.20 Å². The number of halogens is 1. The molecule has 1 aliphatic heterocycles. The first kappa shape index (κ1) is 20.7. The number of piperidine rings is 1. The van der Waals surface area contributed by atoms with Gasteiger partial charge in [-0.2, -0.15) is 9.61 Å². The number of hydrogen-bond donors (Lipinski definition) is 2. The van der Waals surface area contributed by atoms with Crippen LogP contribution >= 0.6 is 15.9 Å². The third-order valence-electron chi connectivity index (χ3n) is 5.68. The summed E-state index contributed by atoms with van der Waals surface area (Å²) in [5, 5.41) is 7.89. The molecule has 1 atom stereocenters. The average Bonchev–Trinajstić information content (AvgIpc) is 3.56. The predicted octanol–water partition coefficient (Wildman–Crippen LogP) is 3.60. The van der Waals surface area contributed by atoms with E-state index in [9.17, 15) is 4.79 Å². The number of hydrogen-bond acceptors (Lipinski definition) is 5. The summed E-state index contributed by atoms with van der Waals surface area (Å²) in [6.45, 7) is 6.05. The molecule has 0 bridgehead atoms. The number of carbonyl (C=O) groups is 1. The Balaban J connectivity index is 1.60. The molecule has 158 valence electrons. The lowest BCUT2D eigenvalue weighted by Gasteiger charge is -2.33. The lowest BCUT2D eigenvalue weighted by atomic mass is 9.94. The molecule has 7 nitrogen and oxygen atoms in total. The molecule has 2 aliphatic rings. The van der Waals surface area contributed by atoms with Crippen LogP contribution in [0.5, 0.6) is 0 Å². The van der Waals surface area contributed by atoms with Crippen molar-refractivity contribution in [3.05, 3.63) is 59.0 Å². The van der Waals surface area contributed by atoms with Gasteiger partial charge in [0.15, 0.2) is 5.65 Å². The first-order chi connectivity index (χ1) is 14.6. The Morgan fingerprint density at radius 3 is 2.97 bits per heavy atom. The zero-order chi connectivity index (χ0) is 21.1. The van der Waals surface area contributed by atoms with Crippen LogP contribution in [0, 0.1) is 5.92 Å². The quantitative estimate of drug-likeness (QED) is 0.603. The van der Waals surface area contributed by atoms with Crippen LogP contribution in [-0.4, -0.2) is 45.0 Å². The molecule has 4 rings (SSSR count). The number of allylic oxidation sites excluding steroid dienone is 2. The number of anilines is 1. The number of fused-ring (bicyclic) bond motifs is 1. The first-order valence-corrected chi connectivity index (χ1v) is 11.2. The van der Waals surface area contributed by atoms with E-state index in [0.717, 1.165) is 66.0 Å². The van der Waals surface area contributed by atoms with Crippen molar-refractivity contribution < 1.29 is 4.79 Å². The molecular weight excluding hydrogens is 444 g/mol. The van der Waals surface area contributed by atoms with E-state index < -0.39 is 0 Å². The monoisotopic (exact) mass is 470 g/mol. The molecule has 1 saturated heterocycles. The minimum Gasteiger partial charge on any atom is -0.405 e. The van der Waals surface area contributed by atoms with Crippen molar-refractivity contribution in [1.82, 2.24) is 19.5 Å². The molecule has 1 amide bonds. The molecule has 2 fully saturated rings. The Hall–Kier alpha value is -2.61. The fraction of sp³-hybridized carbons (Fsp3) is 0.409. The maximum Gasteiger partial charge on any atom is 0.225 e. The highest BCUT2D eigenvalue weighted by Crippen LogP contribution is 2.35. The van der Waals surface area contributed by atoms with Gasteiger partial charge in [0.25, 0.3) is 0 Å². The summed E-state index contributed by atoms with van der Waals surface area (Å²) in [6.07, 6.45) is 12.9. The number of nitrogens with zero attached hydrogens (tertiary/aromatic N) is 4. The van der Waals surface area contributed by atoms with Crippen LogP contribution in [-0.2, 0) is 4.79 Å². The summed E-state index contributed by atoms with van der Waals surface area (Å²) in [4.78, 5) is 19.5. The molecule has 3 N–H and O–H groups in total. The van der Waals surface area contributed by atoms with Gasteiger partial charge in [-0.3, -0.25) is 4.79 Å². The summed E-state index contributed by atoms with van der Waals surface area (Å²) in [7, 11) is 0. The van der Waals surface area contributed by atoms with Crippen molar-refractivity contribution >= 4 is 33.3 Å². The van der Waals surface area contributed by atoms with Crippen molar-refractivity contribution in [1.29, 1.82) is 0 Å². The largest absolute Gasteiger partial charge is 0.405 e. The van der Waals surface area contributed by atoms with Crippen LogP contribution in [0.4, 0.5) is 5.82 Å². The minimum atomic E-state index is 0.225. The Morgan fingerprint density at radius 1 is 1.40 bits per heavy atom. The van der Waals surface area contributed by atoms with E-state index in [1.54, 1.807) is 22.9 Å². The fourth-order valence-corrected chi connectivity index (χ4v) is 4.22. The molecule has 2 aromatic heterocycles. The summed E-state index contributed by atoms with van der Waals surface area (Å²) in [6, 6.07) is 2.06. The zero-order valence-electron chi connectivity index (χ0n) is 16.9. The molecule has 1 aliphatic carbocycles. The smallest absolute Gasteiger partial charge is 0.225 e. The number of nitrogens with two attached hydrogens (primary N) is 1. The van der Waals surface area contributed by atoms with Gasteiger partial charge in [0, 0.05) is 37.5 Å². The van der Waals surface area contributed by atoms with Gasteiger partial charge in [0.05, 0.1) is 16.4 Å².